The quantitative estimate of drug-likeness (QED) is 0.181. The molecule has 1 saturated heterocycles. The summed E-state index contributed by atoms with van der Waals surface area (Å²) in [4.78, 5) is 62.2. The lowest BCUT2D eigenvalue weighted by Gasteiger charge is -2.49. The highest BCUT2D eigenvalue weighted by Crippen LogP contribution is 2.40. The maximum atomic E-state index is 12.8. The molecule has 2 amide bonds. The molecule has 20 heteroatoms. The summed E-state index contributed by atoms with van der Waals surface area (Å²) in [6.45, 7) is 0.904. The summed E-state index contributed by atoms with van der Waals surface area (Å²) in [5.74, 6) is -6.12. The molecular formula is C19H19F3N4O10S3. The lowest BCUT2D eigenvalue weighted by atomic mass is 10.0. The first-order valence-corrected chi connectivity index (χ1v) is 14.0. The van der Waals surface area contributed by atoms with Crippen LogP contribution < -0.4 is 11.1 Å². The third kappa shape index (κ3) is 8.17. The Kier molecular flexibility index (Phi) is 9.74. The van der Waals surface area contributed by atoms with Crippen molar-refractivity contribution in [1.82, 2.24) is 15.2 Å². The van der Waals surface area contributed by atoms with Crippen LogP contribution in [-0.4, -0.2) is 94.4 Å². The predicted octanol–water partition coefficient (Wildman–Crippen LogP) is 0.0458. The maximum absolute atomic E-state index is 12.8. The van der Waals surface area contributed by atoms with Gasteiger partial charge in [-0.1, -0.05) is 0 Å². The average molecular weight is 617 g/mol. The van der Waals surface area contributed by atoms with Gasteiger partial charge in [-0.3, -0.25) is 19.3 Å². The van der Waals surface area contributed by atoms with Gasteiger partial charge < -0.3 is 26.0 Å². The zero-order chi connectivity index (χ0) is 29.9. The first-order valence-electron chi connectivity index (χ1n) is 10.1. The van der Waals surface area contributed by atoms with E-state index in [1.54, 1.807) is 0 Å². The molecule has 0 spiro atoms. The number of nitrogen functional groups attached to an aromatic ring is 1. The Hall–Kier alpha value is -3.65. The first kappa shape index (κ1) is 31.6. The van der Waals surface area contributed by atoms with Crippen LogP contribution in [0.4, 0.5) is 18.3 Å². The number of β-lactam (4-membered cyclic amide) rings is 1. The molecule has 3 rings (SSSR count). The molecule has 1 unspecified atom stereocenters. The van der Waals surface area contributed by atoms with E-state index in [0.717, 1.165) is 27.9 Å². The predicted molar refractivity (Wildman–Crippen MR) is 129 cm³/mol. The summed E-state index contributed by atoms with van der Waals surface area (Å²) in [6.07, 6.45) is -4.18. The summed E-state index contributed by atoms with van der Waals surface area (Å²) in [7, 11) is -3.74. The van der Waals surface area contributed by atoms with E-state index < -0.39 is 57.2 Å². The number of carbonyl (C=O) groups is 5. The Labute approximate surface area is 225 Å². The summed E-state index contributed by atoms with van der Waals surface area (Å²) in [5.41, 5.74) is 5.26. The smallest absolute Gasteiger partial charge is 0.477 e. The topological polar surface area (TPSA) is 223 Å². The molecular weight excluding hydrogens is 597 g/mol. The minimum absolute atomic E-state index is 0.0325. The molecule has 2 aliphatic rings. The van der Waals surface area contributed by atoms with Gasteiger partial charge in [0.15, 0.2) is 15.0 Å². The van der Waals surface area contributed by atoms with Crippen LogP contribution in [0.3, 0.4) is 0 Å². The number of carboxylic acids is 2. The molecule has 1 fully saturated rings. The number of aliphatic carboxylic acids is 2. The summed E-state index contributed by atoms with van der Waals surface area (Å²) < 4.78 is 60.1. The van der Waals surface area contributed by atoms with Gasteiger partial charge >= 0.3 is 24.1 Å². The fourth-order valence-corrected chi connectivity index (χ4v) is 5.60. The third-order valence-electron chi connectivity index (χ3n) is 4.60. The van der Waals surface area contributed by atoms with Gasteiger partial charge in [-0.2, -0.15) is 13.2 Å². The molecule has 1 aromatic heterocycles. The average Bonchev–Trinajstić information content (AvgIpc) is 3.23. The number of aromatic nitrogens is 1. The highest BCUT2D eigenvalue weighted by molar-refractivity contribution is 8.00. The number of ether oxygens (including phenoxy) is 1. The van der Waals surface area contributed by atoms with Gasteiger partial charge in [-0.15, -0.1) is 23.1 Å². The molecule has 0 bridgehead atoms. The number of sulfone groups is 1. The number of fused-ring (bicyclic) bond motifs is 1. The highest BCUT2D eigenvalue weighted by Gasteiger charge is 2.54. The molecule has 5 N–H and O–H groups in total. The van der Waals surface area contributed by atoms with Gasteiger partial charge in [0.2, 0.25) is 0 Å². The Morgan fingerprint density at radius 2 is 1.90 bits per heavy atom. The number of thiazole rings is 1. The van der Waals surface area contributed by atoms with Crippen molar-refractivity contribution in [3.8, 4) is 0 Å². The molecule has 2 atom stereocenters. The van der Waals surface area contributed by atoms with Crippen LogP contribution >= 0.6 is 23.1 Å². The molecule has 0 saturated carbocycles. The van der Waals surface area contributed by atoms with E-state index in [1.807, 2.05) is 0 Å². The van der Waals surface area contributed by atoms with Crippen molar-refractivity contribution in [2.24, 2.45) is 0 Å². The van der Waals surface area contributed by atoms with Crippen molar-refractivity contribution >= 4 is 73.4 Å². The van der Waals surface area contributed by atoms with Gasteiger partial charge in [0.25, 0.3) is 11.8 Å². The van der Waals surface area contributed by atoms with Gasteiger partial charge in [-0.05, 0) is 0 Å². The molecule has 0 aliphatic carbocycles. The van der Waals surface area contributed by atoms with Gasteiger partial charge in [0.1, 0.15) is 23.7 Å². The number of carboxylic acid groups (broad SMARTS) is 2. The van der Waals surface area contributed by atoms with Crippen LogP contribution in [0.2, 0.25) is 0 Å². The van der Waals surface area contributed by atoms with Crippen LogP contribution in [0.25, 0.3) is 5.57 Å². The molecule has 14 nitrogen and oxygen atoms in total. The van der Waals surface area contributed by atoms with E-state index in [1.165, 1.54) is 24.1 Å². The van der Waals surface area contributed by atoms with Crippen LogP contribution in [0.1, 0.15) is 12.6 Å². The van der Waals surface area contributed by atoms with Gasteiger partial charge in [0.05, 0.1) is 11.3 Å². The fraction of sp³-hybridized carbons (Fsp3) is 0.368. The van der Waals surface area contributed by atoms with Crippen LogP contribution in [0, 0.1) is 0 Å². The zero-order valence-electron chi connectivity index (χ0n) is 19.7. The number of carbonyl (C=O) groups excluding carboxylic acids is 3. The Balaban J connectivity index is 0.000000673. The SMILES string of the molecule is CC(=O)OCC1=C(C(=O)O)N2C(=O)C(NC(=O)C(=CS(C)(=O)=O)c3csc(N)n3)[C@@H]2SC1.O=C(O)C(F)(F)F. The number of alkyl halides is 3. The van der Waals surface area contributed by atoms with Crippen molar-refractivity contribution in [2.45, 2.75) is 24.5 Å². The number of nitrogens with two attached hydrogens (primary N) is 1. The number of esters is 1. The van der Waals surface area contributed by atoms with E-state index >= 15 is 0 Å². The number of rotatable bonds is 7. The fourth-order valence-electron chi connectivity index (χ4n) is 3.06. The van der Waals surface area contributed by atoms with Gasteiger partial charge in [-0.25, -0.2) is 23.0 Å². The first-order chi connectivity index (χ1) is 17.8. The minimum atomic E-state index is -5.08. The van der Waals surface area contributed by atoms with Crippen LogP contribution in [0.5, 0.6) is 0 Å². The van der Waals surface area contributed by atoms with Crippen molar-refractivity contribution in [3.63, 3.8) is 0 Å². The Morgan fingerprint density at radius 3 is 2.33 bits per heavy atom. The van der Waals surface area contributed by atoms with E-state index in [9.17, 15) is 45.9 Å². The number of nitrogens with one attached hydrogen (secondary N) is 1. The van der Waals surface area contributed by atoms with Crippen molar-refractivity contribution in [2.75, 3.05) is 24.3 Å². The van der Waals surface area contributed by atoms with E-state index in [2.05, 4.69) is 10.3 Å². The zero-order valence-corrected chi connectivity index (χ0v) is 22.2. The number of anilines is 1. The number of hydrogen-bond donors (Lipinski definition) is 4. The molecule has 2 aliphatic heterocycles. The second-order valence-corrected chi connectivity index (χ2v) is 11.5. The monoisotopic (exact) mass is 616 g/mol. The lowest BCUT2D eigenvalue weighted by molar-refractivity contribution is -0.192. The molecule has 0 aromatic carbocycles. The molecule has 39 heavy (non-hydrogen) atoms. The van der Waals surface area contributed by atoms with Crippen molar-refractivity contribution < 1.29 is 60.5 Å². The molecule has 214 valence electrons. The Bertz CT molecular complexity index is 1370. The standard InChI is InChI=1S/C17H18N4O8S3.C2HF3O2/c1-7(22)29-3-8-4-30-15-11(14(24)21(15)12(8)16(25)26)20-13(23)9(6-32(2,27)28)10-5-31-17(18)19-10;3-2(4,5)1(6)7/h5-6,11,15H,3-4H2,1-2H3,(H2,18,19)(H,20,23)(H,25,26);(H,6,7)/t11?,15-;/m0./s1. The van der Waals surface area contributed by atoms with Crippen molar-refractivity contribution in [1.29, 1.82) is 0 Å². The number of amides is 2. The third-order valence-corrected chi connectivity index (χ3v) is 7.28. The second-order valence-electron chi connectivity index (χ2n) is 7.63. The summed E-state index contributed by atoms with van der Waals surface area (Å²) in [5, 5.41) is 20.7. The summed E-state index contributed by atoms with van der Waals surface area (Å²) in [6, 6.07) is -1.09. The number of nitrogens with zero attached hydrogens (tertiary/aromatic N) is 2. The largest absolute Gasteiger partial charge is 0.490 e. The maximum Gasteiger partial charge on any atom is 0.490 e. The van der Waals surface area contributed by atoms with Crippen molar-refractivity contribution in [3.05, 3.63) is 27.8 Å². The van der Waals surface area contributed by atoms with Crippen LogP contribution in [0.15, 0.2) is 22.1 Å². The summed E-state index contributed by atoms with van der Waals surface area (Å²) >= 11 is 2.19. The number of thioether (sulfide) groups is 1. The molecule has 0 radical (unpaired) electrons. The molecule has 3 heterocycles. The molecule has 1 aromatic rings. The van der Waals surface area contributed by atoms with E-state index in [4.69, 9.17) is 20.4 Å². The minimum Gasteiger partial charge on any atom is -0.477 e. The second kappa shape index (κ2) is 12.0. The van der Waals surface area contributed by atoms with Crippen LogP contribution in [-0.2, 0) is 38.5 Å². The van der Waals surface area contributed by atoms with E-state index in [0.29, 0.717) is 0 Å². The number of hydrogen-bond acceptors (Lipinski definition) is 12. The Morgan fingerprint density at radius 1 is 1.31 bits per heavy atom. The normalized spacial score (nSPS) is 19.3. The highest BCUT2D eigenvalue weighted by atomic mass is 32.2. The van der Waals surface area contributed by atoms with E-state index in [-0.39, 0.29) is 40.0 Å². The number of halogens is 3. The lowest BCUT2D eigenvalue weighted by Crippen LogP contribution is -2.70. The van der Waals surface area contributed by atoms with Gasteiger partial charge in [0, 0.05) is 35.3 Å².